The maximum Gasteiger partial charge on any atom is 0.201 e. The van der Waals surface area contributed by atoms with Crippen molar-refractivity contribution in [3.8, 4) is 0 Å². The number of carbonyl (C=O) groups is 1. The van der Waals surface area contributed by atoms with Gasteiger partial charge in [-0.2, -0.15) is 0 Å². The Morgan fingerprint density at radius 3 is 2.92 bits per heavy atom. The van der Waals surface area contributed by atoms with Gasteiger partial charge in [-0.05, 0) is 18.9 Å². The van der Waals surface area contributed by atoms with Gasteiger partial charge in [-0.25, -0.2) is 0 Å². The van der Waals surface area contributed by atoms with E-state index in [2.05, 4.69) is 0 Å². The van der Waals surface area contributed by atoms with Crippen molar-refractivity contribution in [2.75, 3.05) is 6.61 Å². The van der Waals surface area contributed by atoms with Gasteiger partial charge in [0, 0.05) is 18.4 Å². The molecule has 0 aromatic rings. The second-order valence-corrected chi connectivity index (χ2v) is 3.77. The van der Waals surface area contributed by atoms with Crippen LogP contribution in [0.5, 0.6) is 0 Å². The van der Waals surface area contributed by atoms with E-state index >= 15 is 0 Å². The molecule has 72 valence electrons. The van der Waals surface area contributed by atoms with Gasteiger partial charge in [0.25, 0.3) is 0 Å². The quantitative estimate of drug-likeness (QED) is 0.691. The van der Waals surface area contributed by atoms with Crippen LogP contribution in [0.15, 0.2) is 11.8 Å². The van der Waals surface area contributed by atoms with Crippen LogP contribution in [0.3, 0.4) is 0 Å². The number of ketones is 1. The fourth-order valence-electron chi connectivity index (χ4n) is 2.09. The van der Waals surface area contributed by atoms with Crippen LogP contribution in [0, 0.1) is 5.92 Å². The topological polar surface area (TPSA) is 52.3 Å². The van der Waals surface area contributed by atoms with Crippen LogP contribution in [0.2, 0.25) is 0 Å². The Balaban J connectivity index is 2.03. The molecule has 2 rings (SSSR count). The van der Waals surface area contributed by atoms with Crippen molar-refractivity contribution in [1.29, 1.82) is 0 Å². The molecule has 1 aliphatic heterocycles. The Bertz CT molecular complexity index is 247. The summed E-state index contributed by atoms with van der Waals surface area (Å²) in [5.41, 5.74) is 5.84. The van der Waals surface area contributed by atoms with Crippen LogP contribution < -0.4 is 5.73 Å². The van der Waals surface area contributed by atoms with Gasteiger partial charge >= 0.3 is 0 Å². The zero-order valence-electron chi connectivity index (χ0n) is 7.66. The van der Waals surface area contributed by atoms with E-state index in [1.165, 1.54) is 0 Å². The van der Waals surface area contributed by atoms with Crippen molar-refractivity contribution in [1.82, 2.24) is 0 Å². The van der Waals surface area contributed by atoms with Crippen LogP contribution in [-0.2, 0) is 9.53 Å². The predicted octanol–water partition coefficient (Wildman–Crippen LogP) is 0.987. The molecular weight excluding hydrogens is 166 g/mol. The number of rotatable bonds is 2. The Morgan fingerprint density at radius 1 is 1.54 bits per heavy atom. The summed E-state index contributed by atoms with van der Waals surface area (Å²) < 4.78 is 5.23. The molecule has 2 N–H and O–H groups in total. The van der Waals surface area contributed by atoms with Crippen molar-refractivity contribution in [3.05, 3.63) is 11.8 Å². The molecule has 2 unspecified atom stereocenters. The van der Waals surface area contributed by atoms with Gasteiger partial charge in [-0.1, -0.05) is 6.42 Å². The second kappa shape index (κ2) is 3.50. The molecule has 2 atom stereocenters. The van der Waals surface area contributed by atoms with Crippen molar-refractivity contribution in [2.45, 2.75) is 31.7 Å². The third-order valence-electron chi connectivity index (χ3n) is 2.85. The fourth-order valence-corrected chi connectivity index (χ4v) is 2.09. The maximum atomic E-state index is 11.8. The number of nitrogens with two attached hydrogens (primary N) is 1. The molecule has 1 heterocycles. The van der Waals surface area contributed by atoms with E-state index in [9.17, 15) is 4.79 Å². The van der Waals surface area contributed by atoms with Crippen LogP contribution in [0.4, 0.5) is 0 Å². The van der Waals surface area contributed by atoms with Crippen LogP contribution >= 0.6 is 0 Å². The number of ether oxygens (including phenoxy) is 1. The number of Topliss-reactive ketones (excluding diaryl/α,β-unsaturated/α-hetero) is 1. The Hall–Kier alpha value is -0.830. The molecule has 13 heavy (non-hydrogen) atoms. The zero-order chi connectivity index (χ0) is 9.26. The Labute approximate surface area is 77.9 Å². The van der Waals surface area contributed by atoms with Crippen molar-refractivity contribution in [3.63, 3.8) is 0 Å². The first kappa shape index (κ1) is 8.75. The lowest BCUT2D eigenvalue weighted by Gasteiger charge is -2.13. The molecule has 0 aromatic carbocycles. The summed E-state index contributed by atoms with van der Waals surface area (Å²) in [4.78, 5) is 11.8. The average molecular weight is 181 g/mol. The van der Waals surface area contributed by atoms with E-state index in [0.29, 0.717) is 12.4 Å². The van der Waals surface area contributed by atoms with Gasteiger partial charge in [0.05, 0.1) is 6.61 Å². The van der Waals surface area contributed by atoms with Crippen molar-refractivity contribution < 1.29 is 9.53 Å². The van der Waals surface area contributed by atoms with Gasteiger partial charge in [0.15, 0.2) is 5.76 Å². The summed E-state index contributed by atoms with van der Waals surface area (Å²) in [6.07, 6.45) is 5.73. The highest BCUT2D eigenvalue weighted by atomic mass is 16.5. The molecule has 0 bridgehead atoms. The van der Waals surface area contributed by atoms with Crippen LogP contribution in [0.1, 0.15) is 25.7 Å². The van der Waals surface area contributed by atoms with E-state index < -0.39 is 0 Å². The minimum atomic E-state index is 0.0179. The summed E-state index contributed by atoms with van der Waals surface area (Å²) in [5, 5.41) is 0. The summed E-state index contributed by atoms with van der Waals surface area (Å²) in [7, 11) is 0. The number of hydrogen-bond acceptors (Lipinski definition) is 3. The highest BCUT2D eigenvalue weighted by Crippen LogP contribution is 2.28. The van der Waals surface area contributed by atoms with Gasteiger partial charge in [-0.3, -0.25) is 4.79 Å². The fraction of sp³-hybridized carbons (Fsp3) is 0.700. The second-order valence-electron chi connectivity index (χ2n) is 3.77. The SMILES string of the molecule is NC1CCCC1C(=O)C1=CCCO1. The van der Waals surface area contributed by atoms with Gasteiger partial charge < -0.3 is 10.5 Å². The predicted molar refractivity (Wildman–Crippen MR) is 49.0 cm³/mol. The van der Waals surface area contributed by atoms with E-state index in [4.69, 9.17) is 10.5 Å². The standard InChI is InChI=1S/C10H15NO2/c11-8-4-1-3-7(8)10(12)9-5-2-6-13-9/h5,7-8H,1-4,6,11H2. The molecule has 1 saturated carbocycles. The van der Waals surface area contributed by atoms with Crippen LogP contribution in [0.25, 0.3) is 0 Å². The maximum absolute atomic E-state index is 11.8. The Kier molecular flexibility index (Phi) is 2.36. The van der Waals surface area contributed by atoms with Gasteiger partial charge in [0.2, 0.25) is 5.78 Å². The highest BCUT2D eigenvalue weighted by Gasteiger charge is 2.33. The van der Waals surface area contributed by atoms with Crippen LogP contribution in [-0.4, -0.2) is 18.4 Å². The minimum absolute atomic E-state index is 0.0179. The molecule has 3 heteroatoms. The average Bonchev–Trinajstić information content (AvgIpc) is 2.72. The molecule has 0 radical (unpaired) electrons. The molecule has 2 aliphatic rings. The summed E-state index contributed by atoms with van der Waals surface area (Å²) in [6, 6.07) is 0.0533. The molecule has 0 amide bonds. The monoisotopic (exact) mass is 181 g/mol. The van der Waals surface area contributed by atoms with E-state index in [1.807, 2.05) is 6.08 Å². The third kappa shape index (κ3) is 1.61. The molecule has 0 saturated heterocycles. The van der Waals surface area contributed by atoms with E-state index in [1.54, 1.807) is 0 Å². The molecule has 1 aliphatic carbocycles. The Morgan fingerprint density at radius 2 is 2.38 bits per heavy atom. The molecule has 3 nitrogen and oxygen atoms in total. The molecule has 0 spiro atoms. The summed E-state index contributed by atoms with van der Waals surface area (Å²) in [6.45, 7) is 0.656. The lowest BCUT2D eigenvalue weighted by molar-refractivity contribution is -0.122. The molecule has 1 fully saturated rings. The molecule has 0 aromatic heterocycles. The lowest BCUT2D eigenvalue weighted by Crippen LogP contribution is -2.31. The first-order chi connectivity index (χ1) is 6.29. The molecular formula is C10H15NO2. The van der Waals surface area contributed by atoms with Crippen molar-refractivity contribution >= 4 is 5.78 Å². The zero-order valence-corrected chi connectivity index (χ0v) is 7.66. The first-order valence-corrected chi connectivity index (χ1v) is 4.92. The summed E-state index contributed by atoms with van der Waals surface area (Å²) >= 11 is 0. The normalized spacial score (nSPS) is 32.8. The van der Waals surface area contributed by atoms with E-state index in [0.717, 1.165) is 25.7 Å². The van der Waals surface area contributed by atoms with Gasteiger partial charge in [0.1, 0.15) is 0 Å². The largest absolute Gasteiger partial charge is 0.490 e. The minimum Gasteiger partial charge on any atom is -0.490 e. The number of hydrogen-bond donors (Lipinski definition) is 1. The first-order valence-electron chi connectivity index (χ1n) is 4.92. The number of allylic oxidation sites excluding steroid dienone is 1. The lowest BCUT2D eigenvalue weighted by atomic mass is 9.97. The summed E-state index contributed by atoms with van der Waals surface area (Å²) in [5.74, 6) is 0.703. The van der Waals surface area contributed by atoms with Crippen molar-refractivity contribution in [2.24, 2.45) is 11.7 Å². The smallest absolute Gasteiger partial charge is 0.201 e. The number of carbonyl (C=O) groups excluding carboxylic acids is 1. The highest BCUT2D eigenvalue weighted by molar-refractivity contribution is 5.96. The van der Waals surface area contributed by atoms with E-state index in [-0.39, 0.29) is 17.7 Å². The van der Waals surface area contributed by atoms with Gasteiger partial charge in [-0.15, -0.1) is 0 Å². The third-order valence-corrected chi connectivity index (χ3v) is 2.85.